The first-order valence-corrected chi connectivity index (χ1v) is 9.63. The van der Waals surface area contributed by atoms with Gasteiger partial charge in [0, 0.05) is 6.20 Å². The minimum Gasteiger partial charge on any atom is -0.489 e. The molecule has 7 heteroatoms. The SMILES string of the molecule is CC(NC(=O)OC(C)(C)C)C(=O)Nc1ncccc1OCC1CCCCC1. The third-order valence-corrected chi connectivity index (χ3v) is 4.34. The molecule has 0 aromatic carbocycles. The van der Waals surface area contributed by atoms with E-state index < -0.39 is 17.7 Å². The van der Waals surface area contributed by atoms with E-state index in [9.17, 15) is 9.59 Å². The molecule has 7 nitrogen and oxygen atoms in total. The number of ether oxygens (including phenoxy) is 2. The largest absolute Gasteiger partial charge is 0.489 e. The fourth-order valence-electron chi connectivity index (χ4n) is 2.94. The molecule has 2 N–H and O–H groups in total. The Bertz CT molecular complexity index is 636. The number of hydrogen-bond donors (Lipinski definition) is 2. The molecule has 1 unspecified atom stereocenters. The van der Waals surface area contributed by atoms with Crippen molar-refractivity contribution in [2.45, 2.75) is 71.4 Å². The number of carbonyl (C=O) groups is 2. The minimum atomic E-state index is -0.770. The van der Waals surface area contributed by atoms with Crippen LogP contribution in [-0.4, -0.2) is 35.2 Å². The van der Waals surface area contributed by atoms with E-state index in [0.717, 1.165) is 0 Å². The van der Waals surface area contributed by atoms with Crippen LogP contribution in [-0.2, 0) is 9.53 Å². The second kappa shape index (κ2) is 9.58. The van der Waals surface area contributed by atoms with Crippen LogP contribution < -0.4 is 15.4 Å². The highest BCUT2D eigenvalue weighted by Gasteiger charge is 2.22. The number of anilines is 1. The maximum atomic E-state index is 12.4. The van der Waals surface area contributed by atoms with Gasteiger partial charge in [-0.15, -0.1) is 0 Å². The van der Waals surface area contributed by atoms with Gasteiger partial charge in [-0.05, 0) is 58.6 Å². The summed E-state index contributed by atoms with van der Waals surface area (Å²) in [7, 11) is 0. The van der Waals surface area contributed by atoms with Crippen molar-refractivity contribution in [3.63, 3.8) is 0 Å². The molecule has 1 atom stereocenters. The molecular formula is C20H31N3O4. The topological polar surface area (TPSA) is 89.5 Å². The molecule has 0 aliphatic heterocycles. The molecule has 2 rings (SSSR count). The quantitative estimate of drug-likeness (QED) is 0.785. The minimum absolute atomic E-state index is 0.358. The summed E-state index contributed by atoms with van der Waals surface area (Å²) in [6, 6.07) is 2.79. The monoisotopic (exact) mass is 377 g/mol. The Morgan fingerprint density at radius 1 is 1.26 bits per heavy atom. The molecule has 0 saturated heterocycles. The van der Waals surface area contributed by atoms with E-state index in [1.54, 1.807) is 46.0 Å². The second-order valence-electron chi connectivity index (χ2n) is 8.02. The van der Waals surface area contributed by atoms with E-state index in [0.29, 0.717) is 24.1 Å². The van der Waals surface area contributed by atoms with Crippen molar-refractivity contribution in [1.29, 1.82) is 0 Å². The molecule has 1 aromatic rings. The molecule has 1 heterocycles. The number of aromatic nitrogens is 1. The lowest BCUT2D eigenvalue weighted by Gasteiger charge is -2.23. The molecule has 0 radical (unpaired) electrons. The van der Waals surface area contributed by atoms with Crippen LogP contribution in [0.4, 0.5) is 10.6 Å². The van der Waals surface area contributed by atoms with Crippen molar-refractivity contribution < 1.29 is 19.1 Å². The average Bonchev–Trinajstić information content (AvgIpc) is 2.60. The lowest BCUT2D eigenvalue weighted by atomic mass is 9.90. The number of amides is 2. The number of carbonyl (C=O) groups excluding carboxylic acids is 2. The molecular weight excluding hydrogens is 346 g/mol. The van der Waals surface area contributed by atoms with Gasteiger partial charge in [0.25, 0.3) is 0 Å². The number of nitrogens with zero attached hydrogens (tertiary/aromatic N) is 1. The molecule has 1 fully saturated rings. The van der Waals surface area contributed by atoms with Crippen LogP contribution in [0.1, 0.15) is 59.8 Å². The highest BCUT2D eigenvalue weighted by Crippen LogP contribution is 2.27. The smallest absolute Gasteiger partial charge is 0.408 e. The Labute approximate surface area is 161 Å². The van der Waals surface area contributed by atoms with Crippen LogP contribution >= 0.6 is 0 Å². The van der Waals surface area contributed by atoms with Crippen LogP contribution in [0.2, 0.25) is 0 Å². The zero-order chi connectivity index (χ0) is 19.9. The molecule has 0 spiro atoms. The molecule has 0 bridgehead atoms. The zero-order valence-electron chi connectivity index (χ0n) is 16.7. The highest BCUT2D eigenvalue weighted by atomic mass is 16.6. The number of nitrogens with one attached hydrogen (secondary N) is 2. The third-order valence-electron chi connectivity index (χ3n) is 4.34. The molecule has 1 saturated carbocycles. The summed E-state index contributed by atoms with van der Waals surface area (Å²) in [5.74, 6) is 1.06. The Kier molecular flexibility index (Phi) is 7.45. The summed E-state index contributed by atoms with van der Waals surface area (Å²) in [6.07, 6.45) is 7.11. The van der Waals surface area contributed by atoms with Crippen molar-refractivity contribution in [2.24, 2.45) is 5.92 Å². The van der Waals surface area contributed by atoms with Crippen LogP contribution in [0.5, 0.6) is 5.75 Å². The molecule has 1 aromatic heterocycles. The average molecular weight is 377 g/mol. The molecule has 150 valence electrons. The summed E-state index contributed by atoms with van der Waals surface area (Å²) >= 11 is 0. The van der Waals surface area contributed by atoms with Crippen molar-refractivity contribution in [3.8, 4) is 5.75 Å². The molecule has 1 aliphatic carbocycles. The van der Waals surface area contributed by atoms with E-state index in [-0.39, 0.29) is 5.91 Å². The first kappa shape index (κ1) is 21.0. The number of alkyl carbamates (subject to hydrolysis) is 1. The standard InChI is InChI=1S/C20H31N3O4/c1-14(22-19(25)27-20(2,3)4)18(24)23-17-16(11-8-12-21-17)26-13-15-9-6-5-7-10-15/h8,11-12,14-15H,5-7,9-10,13H2,1-4H3,(H,22,25)(H,21,23,24). The number of pyridine rings is 1. The van der Waals surface area contributed by atoms with Crippen molar-refractivity contribution in [2.75, 3.05) is 11.9 Å². The lowest BCUT2D eigenvalue weighted by Crippen LogP contribution is -2.44. The molecule has 27 heavy (non-hydrogen) atoms. The summed E-state index contributed by atoms with van der Waals surface area (Å²) in [6.45, 7) is 7.51. The Balaban J connectivity index is 1.89. The Hall–Kier alpha value is -2.31. The zero-order valence-corrected chi connectivity index (χ0v) is 16.7. The third kappa shape index (κ3) is 7.45. The predicted octanol–water partition coefficient (Wildman–Crippen LogP) is 3.89. The van der Waals surface area contributed by atoms with Crippen LogP contribution in [0.15, 0.2) is 18.3 Å². The molecule has 2 amide bonds. The fourth-order valence-corrected chi connectivity index (χ4v) is 2.94. The van der Waals surface area contributed by atoms with Gasteiger partial charge in [-0.1, -0.05) is 19.3 Å². The van der Waals surface area contributed by atoms with E-state index in [1.807, 2.05) is 0 Å². The van der Waals surface area contributed by atoms with Crippen molar-refractivity contribution in [1.82, 2.24) is 10.3 Å². The van der Waals surface area contributed by atoms with Crippen molar-refractivity contribution >= 4 is 17.8 Å². The van der Waals surface area contributed by atoms with E-state index in [4.69, 9.17) is 9.47 Å². The highest BCUT2D eigenvalue weighted by molar-refractivity contribution is 5.96. The van der Waals surface area contributed by atoms with Gasteiger partial charge >= 0.3 is 6.09 Å². The predicted molar refractivity (Wildman–Crippen MR) is 104 cm³/mol. The van der Waals surface area contributed by atoms with Gasteiger partial charge in [0.1, 0.15) is 11.6 Å². The van der Waals surface area contributed by atoms with E-state index in [2.05, 4.69) is 15.6 Å². The summed E-state index contributed by atoms with van der Waals surface area (Å²) in [5, 5.41) is 5.24. The van der Waals surface area contributed by atoms with Gasteiger partial charge < -0.3 is 20.1 Å². The van der Waals surface area contributed by atoms with Gasteiger partial charge in [-0.25, -0.2) is 9.78 Å². The normalized spacial score (nSPS) is 16.3. The second-order valence-corrected chi connectivity index (χ2v) is 8.02. The Morgan fingerprint density at radius 2 is 1.96 bits per heavy atom. The van der Waals surface area contributed by atoms with Crippen molar-refractivity contribution in [3.05, 3.63) is 18.3 Å². The first-order chi connectivity index (χ1) is 12.7. The number of hydrogen-bond acceptors (Lipinski definition) is 5. The van der Waals surface area contributed by atoms with E-state index >= 15 is 0 Å². The van der Waals surface area contributed by atoms with Crippen LogP contribution in [0, 0.1) is 5.92 Å². The first-order valence-electron chi connectivity index (χ1n) is 9.63. The van der Waals surface area contributed by atoms with Gasteiger partial charge in [-0.3, -0.25) is 4.79 Å². The number of rotatable bonds is 6. The van der Waals surface area contributed by atoms with Crippen LogP contribution in [0.25, 0.3) is 0 Å². The Morgan fingerprint density at radius 3 is 2.63 bits per heavy atom. The van der Waals surface area contributed by atoms with Gasteiger partial charge in [0.05, 0.1) is 6.61 Å². The molecule has 1 aliphatic rings. The fraction of sp³-hybridized carbons (Fsp3) is 0.650. The maximum absolute atomic E-state index is 12.4. The summed E-state index contributed by atoms with van der Waals surface area (Å²) in [5.41, 5.74) is -0.624. The summed E-state index contributed by atoms with van der Waals surface area (Å²) < 4.78 is 11.1. The van der Waals surface area contributed by atoms with Crippen LogP contribution in [0.3, 0.4) is 0 Å². The van der Waals surface area contributed by atoms with Gasteiger partial charge in [0.2, 0.25) is 5.91 Å². The van der Waals surface area contributed by atoms with E-state index in [1.165, 1.54) is 32.1 Å². The van der Waals surface area contributed by atoms with Gasteiger partial charge in [-0.2, -0.15) is 0 Å². The van der Waals surface area contributed by atoms with Gasteiger partial charge in [0.15, 0.2) is 11.6 Å². The lowest BCUT2D eigenvalue weighted by molar-refractivity contribution is -0.117. The maximum Gasteiger partial charge on any atom is 0.408 e. The summed E-state index contributed by atoms with van der Waals surface area (Å²) in [4.78, 5) is 28.4.